The van der Waals surface area contributed by atoms with E-state index >= 15 is 0 Å². The normalized spacial score (nSPS) is 22.8. The van der Waals surface area contributed by atoms with Crippen LogP contribution in [0.5, 0.6) is 0 Å². The largest absolute Gasteiger partial charge is 0.399 e. The van der Waals surface area contributed by atoms with Crippen LogP contribution in [0.25, 0.3) is 11.2 Å². The molecule has 0 radical (unpaired) electrons. The third kappa shape index (κ3) is 3.87. The molecule has 1 aliphatic rings. The van der Waals surface area contributed by atoms with Gasteiger partial charge in [0.25, 0.3) is 5.91 Å². The molecule has 3 aromatic rings. The van der Waals surface area contributed by atoms with Crippen LogP contribution in [-0.4, -0.2) is 60.5 Å². The molecule has 0 spiro atoms. The Balaban J connectivity index is 1.68. The van der Waals surface area contributed by atoms with Crippen molar-refractivity contribution in [1.29, 1.82) is 0 Å². The van der Waals surface area contributed by atoms with Crippen molar-refractivity contribution >= 4 is 28.6 Å². The molecule has 1 amide bonds. The first-order valence-electron chi connectivity index (χ1n) is 9.56. The van der Waals surface area contributed by atoms with Crippen LogP contribution in [-0.2, 0) is 9.53 Å². The maximum Gasteiger partial charge on any atom is 0.252 e. The predicted molar refractivity (Wildman–Crippen MR) is 111 cm³/mol. The Kier molecular flexibility index (Phi) is 5.43. The highest BCUT2D eigenvalue weighted by molar-refractivity contribution is 5.83. The number of carbonyl (C=O) groups is 1. The summed E-state index contributed by atoms with van der Waals surface area (Å²) in [5, 5.41) is 23.3. The van der Waals surface area contributed by atoms with E-state index in [1.165, 1.54) is 10.9 Å². The van der Waals surface area contributed by atoms with Crippen molar-refractivity contribution in [2.45, 2.75) is 31.5 Å². The molecule has 11 nitrogen and oxygen atoms in total. The Morgan fingerprint density at radius 2 is 1.94 bits per heavy atom. The molecule has 1 aromatic carbocycles. The minimum absolute atomic E-state index is 0.0960. The Morgan fingerprint density at radius 3 is 2.65 bits per heavy atom. The summed E-state index contributed by atoms with van der Waals surface area (Å²) in [6.07, 6.45) is -3.78. The van der Waals surface area contributed by atoms with Crippen molar-refractivity contribution in [3.63, 3.8) is 0 Å². The molecular weight excluding hydrogens is 402 g/mol. The zero-order valence-electron chi connectivity index (χ0n) is 16.6. The number of ether oxygens (including phenoxy) is 1. The zero-order chi connectivity index (χ0) is 22.1. The van der Waals surface area contributed by atoms with E-state index in [0.29, 0.717) is 17.8 Å². The monoisotopic (exact) mass is 423 g/mol. The highest BCUT2D eigenvalue weighted by Gasteiger charge is 2.47. The molecule has 4 atom stereocenters. The first-order chi connectivity index (χ1) is 14.9. The number of nitrogens with zero attached hydrogens (tertiary/aromatic N) is 4. The molecule has 4 rings (SSSR count). The molecule has 160 valence electrons. The lowest BCUT2D eigenvalue weighted by molar-refractivity contribution is -0.137. The van der Waals surface area contributed by atoms with Crippen molar-refractivity contribution in [1.82, 2.24) is 24.8 Å². The fourth-order valence-electron chi connectivity index (χ4n) is 3.26. The first-order valence-corrected chi connectivity index (χ1v) is 9.56. The molecule has 31 heavy (non-hydrogen) atoms. The summed E-state index contributed by atoms with van der Waals surface area (Å²) in [4.78, 5) is 24.8. The van der Waals surface area contributed by atoms with Crippen LogP contribution in [0.3, 0.4) is 0 Å². The fraction of sp³-hybridized carbons (Fsp3) is 0.300. The summed E-state index contributed by atoms with van der Waals surface area (Å²) in [7, 11) is 0. The van der Waals surface area contributed by atoms with Gasteiger partial charge in [-0.25, -0.2) is 15.0 Å². The fourth-order valence-corrected chi connectivity index (χ4v) is 3.26. The van der Waals surface area contributed by atoms with Crippen molar-refractivity contribution in [3.05, 3.63) is 42.0 Å². The van der Waals surface area contributed by atoms with Gasteiger partial charge in [-0.1, -0.05) is 5.92 Å². The average molecular weight is 423 g/mol. The van der Waals surface area contributed by atoms with Gasteiger partial charge in [0.1, 0.15) is 17.7 Å². The number of aliphatic hydroxyl groups excluding tert-OH is 2. The number of hydrogen-bond acceptors (Lipinski definition) is 9. The molecule has 0 saturated carbocycles. The van der Waals surface area contributed by atoms with E-state index in [4.69, 9.17) is 16.2 Å². The highest BCUT2D eigenvalue weighted by Crippen LogP contribution is 2.32. The van der Waals surface area contributed by atoms with E-state index in [1.54, 1.807) is 31.2 Å². The lowest BCUT2D eigenvalue weighted by Crippen LogP contribution is -2.42. The Labute approximate surface area is 177 Å². The van der Waals surface area contributed by atoms with Crippen molar-refractivity contribution in [2.24, 2.45) is 0 Å². The Hall–Kier alpha value is -3.72. The van der Waals surface area contributed by atoms with Gasteiger partial charge in [-0.05, 0) is 37.1 Å². The molecule has 4 unspecified atom stereocenters. The maximum atomic E-state index is 12.1. The number of rotatable bonds is 3. The second-order valence-corrected chi connectivity index (χ2v) is 6.95. The first kappa shape index (κ1) is 20.5. The van der Waals surface area contributed by atoms with Crippen LogP contribution < -0.4 is 16.8 Å². The van der Waals surface area contributed by atoms with Crippen LogP contribution in [0.15, 0.2) is 30.6 Å². The van der Waals surface area contributed by atoms with E-state index in [-0.39, 0.29) is 22.8 Å². The van der Waals surface area contributed by atoms with Gasteiger partial charge in [-0.3, -0.25) is 9.36 Å². The van der Waals surface area contributed by atoms with Crippen LogP contribution in [0, 0.1) is 11.8 Å². The number of nitrogens with one attached hydrogen (secondary N) is 1. The Morgan fingerprint density at radius 1 is 1.19 bits per heavy atom. The van der Waals surface area contributed by atoms with Crippen LogP contribution in [0.4, 0.5) is 11.5 Å². The number of amides is 1. The second kappa shape index (κ2) is 8.19. The molecule has 3 heterocycles. The number of nitrogens with two attached hydrogens (primary N) is 2. The van der Waals surface area contributed by atoms with Crippen LogP contribution >= 0.6 is 0 Å². The summed E-state index contributed by atoms with van der Waals surface area (Å²) in [6.45, 7) is 2.10. The quantitative estimate of drug-likeness (QED) is 0.265. The predicted octanol–water partition coefficient (Wildman–Crippen LogP) is -0.854. The molecule has 1 fully saturated rings. The highest BCUT2D eigenvalue weighted by atomic mass is 16.6. The van der Waals surface area contributed by atoms with Gasteiger partial charge in [0.15, 0.2) is 23.8 Å². The molecular formula is C20H21N7O4. The number of benzene rings is 1. The molecule has 1 aliphatic heterocycles. The molecule has 1 saturated heterocycles. The summed E-state index contributed by atoms with van der Waals surface area (Å²) in [6, 6.07) is 6.99. The van der Waals surface area contributed by atoms with Gasteiger partial charge >= 0.3 is 0 Å². The van der Waals surface area contributed by atoms with Crippen LogP contribution in [0.1, 0.15) is 24.5 Å². The standard InChI is InChI=1S/C20H21N7O4/c1-2-23-19(30)16-14(28)15(29)20(31-16)27-9-24-13-17(22)25-12(26-18(13)27)8-5-10-3-6-11(21)7-4-10/h3-4,6-7,9,14-16,20,28-29H,2,21H2,1H3,(H,23,30)(H2,22,25,26). The number of nitrogen functional groups attached to an aromatic ring is 2. The van der Waals surface area contributed by atoms with E-state index in [9.17, 15) is 15.0 Å². The number of carbonyl (C=O) groups excluding carboxylic acids is 1. The number of anilines is 2. The molecule has 11 heteroatoms. The molecule has 0 aliphatic carbocycles. The third-order valence-corrected chi connectivity index (χ3v) is 4.80. The van der Waals surface area contributed by atoms with Crippen molar-refractivity contribution in [3.8, 4) is 11.8 Å². The van der Waals surface area contributed by atoms with Crippen molar-refractivity contribution < 1.29 is 19.7 Å². The van der Waals surface area contributed by atoms with Gasteiger partial charge in [0.05, 0.1) is 6.33 Å². The maximum absolute atomic E-state index is 12.1. The van der Waals surface area contributed by atoms with Gasteiger partial charge in [0.2, 0.25) is 5.82 Å². The van der Waals surface area contributed by atoms with E-state index in [0.717, 1.165) is 0 Å². The SMILES string of the molecule is CCNC(=O)C1OC(n2cnc3c(N)nc(C#Cc4ccc(N)cc4)nc32)C(O)C1O. The number of aromatic nitrogens is 4. The van der Waals surface area contributed by atoms with Crippen LogP contribution in [0.2, 0.25) is 0 Å². The van der Waals surface area contributed by atoms with Gasteiger partial charge in [0, 0.05) is 17.8 Å². The molecule has 0 bridgehead atoms. The topological polar surface area (TPSA) is 174 Å². The number of imidazole rings is 1. The summed E-state index contributed by atoms with van der Waals surface area (Å²) < 4.78 is 7.03. The lowest BCUT2D eigenvalue weighted by atomic mass is 10.1. The lowest BCUT2D eigenvalue weighted by Gasteiger charge is -2.16. The summed E-state index contributed by atoms with van der Waals surface area (Å²) in [5.41, 5.74) is 13.6. The van der Waals surface area contributed by atoms with E-state index in [1.807, 2.05) is 0 Å². The zero-order valence-corrected chi connectivity index (χ0v) is 16.6. The van der Waals surface area contributed by atoms with Gasteiger partial charge in [-0.2, -0.15) is 0 Å². The van der Waals surface area contributed by atoms with Crippen molar-refractivity contribution in [2.75, 3.05) is 18.0 Å². The van der Waals surface area contributed by atoms with E-state index in [2.05, 4.69) is 32.1 Å². The number of fused-ring (bicyclic) bond motifs is 1. The average Bonchev–Trinajstić information content (AvgIpc) is 3.29. The number of aliphatic hydroxyl groups is 2. The van der Waals surface area contributed by atoms with Gasteiger partial charge < -0.3 is 31.7 Å². The Bertz CT molecular complexity index is 1180. The van der Waals surface area contributed by atoms with Gasteiger partial charge in [-0.15, -0.1) is 0 Å². The smallest absolute Gasteiger partial charge is 0.252 e. The second-order valence-electron chi connectivity index (χ2n) is 6.95. The summed E-state index contributed by atoms with van der Waals surface area (Å²) in [5.74, 6) is 5.47. The molecule has 2 aromatic heterocycles. The number of likely N-dealkylation sites (N-methyl/N-ethyl adjacent to an activating group) is 1. The molecule has 7 N–H and O–H groups in total. The third-order valence-electron chi connectivity index (χ3n) is 4.80. The number of hydrogen-bond donors (Lipinski definition) is 5. The minimum atomic E-state index is -1.42. The van der Waals surface area contributed by atoms with E-state index < -0.39 is 30.4 Å². The summed E-state index contributed by atoms with van der Waals surface area (Å²) >= 11 is 0. The minimum Gasteiger partial charge on any atom is -0.399 e.